The first-order chi connectivity index (χ1) is 7.41. The van der Waals surface area contributed by atoms with Crippen molar-refractivity contribution in [3.63, 3.8) is 0 Å². The fourth-order valence-corrected chi connectivity index (χ4v) is 1.29. The van der Waals surface area contributed by atoms with Gasteiger partial charge in [-0.1, -0.05) is 0 Å². The van der Waals surface area contributed by atoms with Crippen molar-refractivity contribution < 1.29 is 23.8 Å². The van der Waals surface area contributed by atoms with Crippen LogP contribution in [0.4, 0.5) is 8.78 Å². The maximum atomic E-state index is 13.2. The van der Waals surface area contributed by atoms with Gasteiger partial charge < -0.3 is 15.9 Å². The molecule has 0 aliphatic carbocycles. The average molecular weight is 231 g/mol. The lowest BCUT2D eigenvalue weighted by Crippen LogP contribution is -2.31. The largest absolute Gasteiger partial charge is 0.481 e. The number of carbonyl (C=O) groups is 1. The second kappa shape index (κ2) is 5.00. The zero-order valence-corrected chi connectivity index (χ0v) is 8.23. The van der Waals surface area contributed by atoms with Crippen molar-refractivity contribution in [2.45, 2.75) is 18.6 Å². The zero-order valence-electron chi connectivity index (χ0n) is 8.23. The summed E-state index contributed by atoms with van der Waals surface area (Å²) in [5.74, 6) is -2.77. The Morgan fingerprint density at radius 3 is 2.62 bits per heavy atom. The third-order valence-corrected chi connectivity index (χ3v) is 2.09. The Balaban J connectivity index is 2.90. The van der Waals surface area contributed by atoms with Crippen molar-refractivity contribution in [3.05, 3.63) is 35.4 Å². The molecule has 4 N–H and O–H groups in total. The van der Waals surface area contributed by atoms with Gasteiger partial charge in [0.15, 0.2) is 0 Å². The average Bonchev–Trinajstić information content (AvgIpc) is 2.19. The molecule has 4 nitrogen and oxygen atoms in total. The number of nitrogens with two attached hydrogens (primary N) is 1. The summed E-state index contributed by atoms with van der Waals surface area (Å²) in [7, 11) is 0. The van der Waals surface area contributed by atoms with Gasteiger partial charge in [-0.2, -0.15) is 0 Å². The number of halogens is 2. The minimum atomic E-state index is -1.55. The fraction of sp³-hybridized carbons (Fsp3) is 0.300. The minimum absolute atomic E-state index is 0.339. The van der Waals surface area contributed by atoms with Crippen molar-refractivity contribution >= 4 is 5.97 Å². The highest BCUT2D eigenvalue weighted by molar-refractivity contribution is 5.67. The van der Waals surface area contributed by atoms with Crippen molar-refractivity contribution in [3.8, 4) is 0 Å². The van der Waals surface area contributed by atoms with Crippen molar-refractivity contribution in [1.82, 2.24) is 0 Å². The number of benzene rings is 1. The zero-order chi connectivity index (χ0) is 12.3. The summed E-state index contributed by atoms with van der Waals surface area (Å²) in [5, 5.41) is 18.0. The summed E-state index contributed by atoms with van der Waals surface area (Å²) in [6, 6.07) is 1.35. The van der Waals surface area contributed by atoms with E-state index in [9.17, 15) is 18.7 Å². The van der Waals surface area contributed by atoms with Crippen LogP contribution in [-0.2, 0) is 4.79 Å². The number of carboxylic acids is 1. The monoisotopic (exact) mass is 231 g/mol. The number of rotatable bonds is 4. The van der Waals surface area contributed by atoms with E-state index in [0.717, 1.165) is 18.2 Å². The second-order valence-corrected chi connectivity index (χ2v) is 3.37. The number of aliphatic hydroxyl groups is 1. The van der Waals surface area contributed by atoms with Gasteiger partial charge in [-0.15, -0.1) is 0 Å². The van der Waals surface area contributed by atoms with Crippen LogP contribution in [0.15, 0.2) is 18.2 Å². The summed E-state index contributed by atoms with van der Waals surface area (Å²) >= 11 is 0. The third kappa shape index (κ3) is 2.98. The molecule has 0 saturated carbocycles. The Kier molecular flexibility index (Phi) is 3.92. The molecule has 0 heterocycles. The molecule has 88 valence electrons. The molecule has 0 spiro atoms. The number of aliphatic hydroxyl groups excluding tert-OH is 1. The van der Waals surface area contributed by atoms with E-state index in [2.05, 4.69) is 0 Å². The van der Waals surface area contributed by atoms with Crippen molar-refractivity contribution in [2.75, 3.05) is 0 Å². The topological polar surface area (TPSA) is 83.6 Å². The fourth-order valence-electron chi connectivity index (χ4n) is 1.29. The van der Waals surface area contributed by atoms with E-state index in [1.165, 1.54) is 0 Å². The summed E-state index contributed by atoms with van der Waals surface area (Å²) < 4.78 is 26.0. The van der Waals surface area contributed by atoms with Crippen LogP contribution in [0.2, 0.25) is 0 Å². The van der Waals surface area contributed by atoms with E-state index in [-0.39, 0.29) is 5.56 Å². The number of hydrogen-bond acceptors (Lipinski definition) is 3. The molecule has 0 amide bonds. The Morgan fingerprint density at radius 1 is 1.44 bits per heavy atom. The highest BCUT2D eigenvalue weighted by Crippen LogP contribution is 2.21. The molecular formula is C10H11F2NO3. The lowest BCUT2D eigenvalue weighted by Gasteiger charge is -2.17. The molecule has 0 saturated heterocycles. The van der Waals surface area contributed by atoms with Gasteiger partial charge in [0.25, 0.3) is 0 Å². The van der Waals surface area contributed by atoms with Crippen LogP contribution in [0.1, 0.15) is 18.1 Å². The van der Waals surface area contributed by atoms with Crippen LogP contribution in [0, 0.1) is 11.6 Å². The van der Waals surface area contributed by atoms with Crippen LogP contribution >= 0.6 is 0 Å². The van der Waals surface area contributed by atoms with Crippen LogP contribution in [0.3, 0.4) is 0 Å². The lowest BCUT2D eigenvalue weighted by atomic mass is 10.00. The molecule has 0 aromatic heterocycles. The van der Waals surface area contributed by atoms with E-state index in [1.807, 2.05) is 0 Å². The van der Waals surface area contributed by atoms with Gasteiger partial charge in [0.1, 0.15) is 11.6 Å². The normalized spacial score (nSPS) is 14.5. The summed E-state index contributed by atoms with van der Waals surface area (Å²) in [5.41, 5.74) is 5.01. The smallest absolute Gasteiger partial charge is 0.305 e. The second-order valence-electron chi connectivity index (χ2n) is 3.37. The van der Waals surface area contributed by atoms with Gasteiger partial charge in [0.05, 0.1) is 12.5 Å². The van der Waals surface area contributed by atoms with Gasteiger partial charge in [-0.05, 0) is 18.2 Å². The highest BCUT2D eigenvalue weighted by Gasteiger charge is 2.22. The molecule has 0 bridgehead atoms. The maximum absolute atomic E-state index is 13.2. The number of carboxylic acid groups (broad SMARTS) is 1. The van der Waals surface area contributed by atoms with Gasteiger partial charge in [0.2, 0.25) is 0 Å². The predicted molar refractivity (Wildman–Crippen MR) is 51.5 cm³/mol. The molecule has 0 fully saturated rings. The molecule has 6 heteroatoms. The first kappa shape index (κ1) is 12.5. The predicted octanol–water partition coefficient (Wildman–Crippen LogP) is 0.800. The quantitative estimate of drug-likeness (QED) is 0.715. The Morgan fingerprint density at radius 2 is 2.06 bits per heavy atom. The molecule has 1 rings (SSSR count). The molecule has 2 atom stereocenters. The maximum Gasteiger partial charge on any atom is 0.305 e. The van der Waals surface area contributed by atoms with Crippen LogP contribution in [0.5, 0.6) is 0 Å². The highest BCUT2D eigenvalue weighted by atomic mass is 19.1. The Hall–Kier alpha value is -1.53. The standard InChI is InChI=1S/C10H11F2NO3/c11-5-1-2-7(12)6(3-5)10(16)8(13)4-9(14)15/h1-3,8,10,16H,4,13H2,(H,14,15). The number of hydrogen-bond donors (Lipinski definition) is 3. The van der Waals surface area contributed by atoms with Gasteiger partial charge in [-0.25, -0.2) is 8.78 Å². The summed E-state index contributed by atoms with van der Waals surface area (Å²) in [6.45, 7) is 0. The Bertz CT molecular complexity index is 398. The summed E-state index contributed by atoms with van der Waals surface area (Å²) in [6.07, 6.45) is -2.08. The first-order valence-corrected chi connectivity index (χ1v) is 4.52. The van der Waals surface area contributed by atoms with Gasteiger partial charge in [-0.3, -0.25) is 4.79 Å². The van der Waals surface area contributed by atoms with E-state index >= 15 is 0 Å². The molecule has 16 heavy (non-hydrogen) atoms. The van der Waals surface area contributed by atoms with E-state index < -0.39 is 36.2 Å². The van der Waals surface area contributed by atoms with Crippen LogP contribution in [0.25, 0.3) is 0 Å². The first-order valence-electron chi connectivity index (χ1n) is 4.52. The molecule has 1 aromatic carbocycles. The molecule has 0 radical (unpaired) electrons. The minimum Gasteiger partial charge on any atom is -0.481 e. The Labute approximate surface area is 90.3 Å². The van der Waals surface area contributed by atoms with Gasteiger partial charge in [0, 0.05) is 11.6 Å². The number of aliphatic carboxylic acids is 1. The molecule has 0 aliphatic heterocycles. The molecule has 1 aromatic rings. The van der Waals surface area contributed by atoms with Crippen molar-refractivity contribution in [1.29, 1.82) is 0 Å². The van der Waals surface area contributed by atoms with E-state index in [0.29, 0.717) is 0 Å². The molecule has 2 unspecified atom stereocenters. The van der Waals surface area contributed by atoms with Crippen molar-refractivity contribution in [2.24, 2.45) is 5.73 Å². The SMILES string of the molecule is NC(CC(=O)O)C(O)c1cc(F)ccc1F. The van der Waals surface area contributed by atoms with Crippen LogP contribution < -0.4 is 5.73 Å². The van der Waals surface area contributed by atoms with E-state index in [4.69, 9.17) is 10.8 Å². The third-order valence-electron chi connectivity index (χ3n) is 2.09. The lowest BCUT2D eigenvalue weighted by molar-refractivity contribution is -0.138. The van der Waals surface area contributed by atoms with Crippen LogP contribution in [-0.4, -0.2) is 22.2 Å². The van der Waals surface area contributed by atoms with Gasteiger partial charge >= 0.3 is 5.97 Å². The molecular weight excluding hydrogens is 220 g/mol. The summed E-state index contributed by atoms with van der Waals surface area (Å²) in [4.78, 5) is 10.3. The molecule has 0 aliphatic rings. The van der Waals surface area contributed by atoms with E-state index in [1.54, 1.807) is 0 Å².